The molecule has 0 saturated carbocycles. The lowest BCUT2D eigenvalue weighted by atomic mass is 10.1. The zero-order chi connectivity index (χ0) is 20.1. The van der Waals surface area contributed by atoms with Crippen molar-refractivity contribution in [2.75, 3.05) is 26.7 Å². The highest BCUT2D eigenvalue weighted by Gasteiger charge is 2.38. The van der Waals surface area contributed by atoms with Crippen LogP contribution in [0.15, 0.2) is 42.6 Å². The summed E-state index contributed by atoms with van der Waals surface area (Å²) in [7, 11) is 1.59. The largest absolute Gasteiger partial charge is 0.497 e. The van der Waals surface area contributed by atoms with Gasteiger partial charge in [-0.05, 0) is 36.2 Å². The maximum absolute atomic E-state index is 12.9. The molecule has 1 fully saturated rings. The van der Waals surface area contributed by atoms with Crippen LogP contribution in [0.2, 0.25) is 0 Å². The molecule has 6 nitrogen and oxygen atoms in total. The number of pyridine rings is 1. The van der Waals surface area contributed by atoms with Gasteiger partial charge >= 0.3 is 12.2 Å². The third kappa shape index (κ3) is 4.85. The molecule has 0 aliphatic carbocycles. The van der Waals surface area contributed by atoms with E-state index in [4.69, 9.17) is 9.47 Å². The Labute approximate surface area is 160 Å². The Morgan fingerprint density at radius 1 is 1.25 bits per heavy atom. The van der Waals surface area contributed by atoms with Crippen molar-refractivity contribution >= 4 is 6.03 Å². The molecule has 1 aliphatic heterocycles. The molecule has 0 radical (unpaired) electrons. The van der Waals surface area contributed by atoms with Crippen molar-refractivity contribution in [3.05, 3.63) is 53.7 Å². The van der Waals surface area contributed by atoms with Gasteiger partial charge in [-0.1, -0.05) is 12.1 Å². The summed E-state index contributed by atoms with van der Waals surface area (Å²) in [6.07, 6.45) is -3.14. The number of ether oxygens (including phenoxy) is 2. The molecule has 3 rings (SSSR count). The summed E-state index contributed by atoms with van der Waals surface area (Å²) in [5.41, 5.74) is 0.137. The molecule has 9 heteroatoms. The Morgan fingerprint density at radius 2 is 1.96 bits per heavy atom. The van der Waals surface area contributed by atoms with Crippen molar-refractivity contribution in [3.63, 3.8) is 0 Å². The van der Waals surface area contributed by atoms with Crippen LogP contribution in [0.1, 0.15) is 11.1 Å². The van der Waals surface area contributed by atoms with E-state index in [-0.39, 0.29) is 19.1 Å². The summed E-state index contributed by atoms with van der Waals surface area (Å²) in [6, 6.07) is 9.39. The first-order chi connectivity index (χ1) is 13.4. The van der Waals surface area contributed by atoms with Gasteiger partial charge in [0.15, 0.2) is 0 Å². The van der Waals surface area contributed by atoms with E-state index in [1.165, 1.54) is 17.2 Å². The lowest BCUT2D eigenvalue weighted by Crippen LogP contribution is -2.59. The van der Waals surface area contributed by atoms with Crippen molar-refractivity contribution in [2.45, 2.75) is 18.7 Å². The third-order valence-corrected chi connectivity index (χ3v) is 4.34. The van der Waals surface area contributed by atoms with Crippen molar-refractivity contribution in [1.29, 1.82) is 0 Å². The second kappa shape index (κ2) is 8.37. The summed E-state index contributed by atoms with van der Waals surface area (Å²) in [4.78, 5) is 17.2. The number of likely N-dealkylation sites (tertiary alicyclic amines) is 1. The minimum atomic E-state index is -4.54. The summed E-state index contributed by atoms with van der Waals surface area (Å²) >= 11 is 0. The summed E-state index contributed by atoms with van der Waals surface area (Å²) in [5.74, 6) is 0.306. The Balaban J connectivity index is 1.42. The van der Waals surface area contributed by atoms with E-state index in [2.05, 4.69) is 10.3 Å². The van der Waals surface area contributed by atoms with Crippen LogP contribution in [-0.2, 0) is 12.6 Å². The number of carbonyl (C=O) groups excluding carboxylic acids is 1. The van der Waals surface area contributed by atoms with Crippen LogP contribution in [0.4, 0.5) is 18.0 Å². The molecule has 1 aromatic carbocycles. The highest BCUT2D eigenvalue weighted by Crippen LogP contribution is 2.35. The molecule has 1 N–H and O–H groups in total. The number of aromatic nitrogens is 1. The Hall–Kier alpha value is -2.97. The molecule has 2 aromatic rings. The Bertz CT molecular complexity index is 806. The number of nitrogens with zero attached hydrogens (tertiary/aromatic N) is 2. The predicted octanol–water partition coefficient (Wildman–Crippen LogP) is 3.12. The predicted molar refractivity (Wildman–Crippen MR) is 95.3 cm³/mol. The number of nitrogens with one attached hydrogen (secondary N) is 1. The van der Waals surface area contributed by atoms with Gasteiger partial charge in [-0.2, -0.15) is 13.2 Å². The quantitative estimate of drug-likeness (QED) is 0.816. The average Bonchev–Trinajstić information content (AvgIpc) is 2.64. The van der Waals surface area contributed by atoms with Crippen LogP contribution in [0.25, 0.3) is 0 Å². The zero-order valence-electron chi connectivity index (χ0n) is 15.2. The minimum absolute atomic E-state index is 0.211. The molecule has 0 unspecified atom stereocenters. The fourth-order valence-electron chi connectivity index (χ4n) is 2.75. The van der Waals surface area contributed by atoms with Gasteiger partial charge in [0, 0.05) is 12.7 Å². The molecule has 1 aliphatic rings. The zero-order valence-corrected chi connectivity index (χ0v) is 15.2. The SMILES string of the molecule is COc1ccc(CCNC(=O)N2CC(Oc3ncccc3C(F)(F)F)C2)cc1. The number of alkyl halides is 3. The van der Waals surface area contributed by atoms with Crippen LogP contribution < -0.4 is 14.8 Å². The van der Waals surface area contributed by atoms with Gasteiger partial charge in [-0.15, -0.1) is 0 Å². The number of amides is 2. The van der Waals surface area contributed by atoms with E-state index in [0.717, 1.165) is 17.4 Å². The van der Waals surface area contributed by atoms with Gasteiger partial charge in [0.25, 0.3) is 0 Å². The van der Waals surface area contributed by atoms with Crippen LogP contribution in [0.3, 0.4) is 0 Å². The Kier molecular flexibility index (Phi) is 5.91. The second-order valence-corrected chi connectivity index (χ2v) is 6.33. The van der Waals surface area contributed by atoms with Crippen LogP contribution in [-0.4, -0.2) is 48.8 Å². The number of halogens is 3. The molecule has 28 heavy (non-hydrogen) atoms. The highest BCUT2D eigenvalue weighted by molar-refractivity contribution is 5.75. The van der Waals surface area contributed by atoms with Crippen molar-refractivity contribution < 1.29 is 27.4 Å². The van der Waals surface area contributed by atoms with E-state index < -0.39 is 23.7 Å². The maximum Gasteiger partial charge on any atom is 0.421 e. The van der Waals surface area contributed by atoms with Crippen LogP contribution in [0, 0.1) is 0 Å². The van der Waals surface area contributed by atoms with Crippen molar-refractivity contribution in [2.24, 2.45) is 0 Å². The fourth-order valence-corrected chi connectivity index (χ4v) is 2.75. The lowest BCUT2D eigenvalue weighted by molar-refractivity contribution is -0.140. The molecule has 2 amide bonds. The standard InChI is InChI=1S/C19H20F3N3O3/c1-27-14-6-4-13(5-7-14)8-10-24-18(26)25-11-15(12-25)28-17-16(19(20,21)22)3-2-9-23-17/h2-7,9,15H,8,10-12H2,1H3,(H,24,26). The van der Waals surface area contributed by atoms with Gasteiger partial charge in [0.05, 0.1) is 20.2 Å². The minimum Gasteiger partial charge on any atom is -0.497 e. The Morgan fingerprint density at radius 3 is 2.61 bits per heavy atom. The maximum atomic E-state index is 12.9. The number of benzene rings is 1. The molecule has 150 valence electrons. The monoisotopic (exact) mass is 395 g/mol. The molecule has 0 atom stereocenters. The number of carbonyl (C=O) groups is 1. The number of urea groups is 1. The average molecular weight is 395 g/mol. The van der Waals surface area contributed by atoms with E-state index in [1.54, 1.807) is 7.11 Å². The molecule has 1 aromatic heterocycles. The first-order valence-corrected chi connectivity index (χ1v) is 8.71. The smallest absolute Gasteiger partial charge is 0.421 e. The fraction of sp³-hybridized carbons (Fsp3) is 0.368. The molecule has 2 heterocycles. The normalized spacial score (nSPS) is 14.4. The van der Waals surface area contributed by atoms with Gasteiger partial charge in [-0.3, -0.25) is 0 Å². The third-order valence-electron chi connectivity index (χ3n) is 4.34. The van der Waals surface area contributed by atoms with Crippen molar-refractivity contribution in [1.82, 2.24) is 15.2 Å². The lowest BCUT2D eigenvalue weighted by Gasteiger charge is -2.38. The number of rotatable bonds is 6. The molecular weight excluding hydrogens is 375 g/mol. The first-order valence-electron chi connectivity index (χ1n) is 8.71. The molecule has 1 saturated heterocycles. The van der Waals surface area contributed by atoms with E-state index in [9.17, 15) is 18.0 Å². The molecule has 0 bridgehead atoms. The first kappa shape index (κ1) is 19.8. The van der Waals surface area contributed by atoms with Gasteiger partial charge in [0.2, 0.25) is 5.88 Å². The van der Waals surface area contributed by atoms with E-state index in [1.807, 2.05) is 24.3 Å². The molecular formula is C19H20F3N3O3. The molecule has 0 spiro atoms. The summed E-state index contributed by atoms with van der Waals surface area (Å²) < 4.78 is 49.2. The summed E-state index contributed by atoms with van der Waals surface area (Å²) in [6.45, 7) is 0.871. The summed E-state index contributed by atoms with van der Waals surface area (Å²) in [5, 5.41) is 2.79. The van der Waals surface area contributed by atoms with Crippen LogP contribution in [0.5, 0.6) is 11.6 Å². The number of hydrogen-bond donors (Lipinski definition) is 1. The second-order valence-electron chi connectivity index (χ2n) is 6.33. The number of hydrogen-bond acceptors (Lipinski definition) is 4. The highest BCUT2D eigenvalue weighted by atomic mass is 19.4. The van der Waals surface area contributed by atoms with Gasteiger partial charge < -0.3 is 19.7 Å². The van der Waals surface area contributed by atoms with Crippen molar-refractivity contribution in [3.8, 4) is 11.6 Å². The van der Waals surface area contributed by atoms with Gasteiger partial charge in [-0.25, -0.2) is 9.78 Å². The van der Waals surface area contributed by atoms with E-state index in [0.29, 0.717) is 13.0 Å². The van der Waals surface area contributed by atoms with E-state index >= 15 is 0 Å². The van der Waals surface area contributed by atoms with Crippen LogP contribution >= 0.6 is 0 Å². The van der Waals surface area contributed by atoms with Gasteiger partial charge in [0.1, 0.15) is 17.4 Å². The number of methoxy groups -OCH3 is 1. The topological polar surface area (TPSA) is 63.7 Å².